The van der Waals surface area contributed by atoms with Crippen LogP contribution >= 0.6 is 0 Å². The van der Waals surface area contributed by atoms with Crippen molar-refractivity contribution in [1.29, 1.82) is 0 Å². The first kappa shape index (κ1) is 11.5. The number of hydrogen-bond acceptors (Lipinski definition) is 4. The number of nitrogens with one attached hydrogen (secondary N) is 1. The first-order valence-electron chi connectivity index (χ1n) is 4.73. The molecule has 0 saturated carbocycles. The van der Waals surface area contributed by atoms with E-state index in [0.717, 1.165) is 11.4 Å². The number of carbonyl (C=O) groups excluding carboxylic acids is 1. The van der Waals surface area contributed by atoms with Crippen LogP contribution in [0.5, 0.6) is 0 Å². The topological polar surface area (TPSA) is 71.2 Å². The van der Waals surface area contributed by atoms with Gasteiger partial charge in [-0.15, -0.1) is 0 Å². The molecule has 0 aliphatic heterocycles. The van der Waals surface area contributed by atoms with Gasteiger partial charge in [-0.1, -0.05) is 6.07 Å². The minimum atomic E-state index is -0.362. The van der Waals surface area contributed by atoms with Crippen LogP contribution in [0.15, 0.2) is 18.3 Å². The van der Waals surface area contributed by atoms with Crippen LogP contribution in [0.1, 0.15) is 5.56 Å². The molecule has 1 rings (SSSR count). The molecule has 0 radical (unpaired) electrons. The number of nitrogens with two attached hydrogens (primary N) is 1. The lowest BCUT2D eigenvalue weighted by Gasteiger charge is -2.19. The van der Waals surface area contributed by atoms with E-state index in [1.165, 1.54) is 0 Å². The second-order valence-electron chi connectivity index (χ2n) is 3.34. The number of primary amides is 1. The Labute approximate surface area is 89.3 Å². The van der Waals surface area contributed by atoms with Crippen LogP contribution in [-0.2, 0) is 11.3 Å². The van der Waals surface area contributed by atoms with Crippen LogP contribution < -0.4 is 16.0 Å². The van der Waals surface area contributed by atoms with E-state index in [-0.39, 0.29) is 12.5 Å². The average molecular weight is 208 g/mol. The van der Waals surface area contributed by atoms with E-state index in [4.69, 9.17) is 5.73 Å². The molecule has 3 N–H and O–H groups in total. The normalized spacial score (nSPS) is 10.0. The summed E-state index contributed by atoms with van der Waals surface area (Å²) in [7, 11) is 3.66. The lowest BCUT2D eigenvalue weighted by molar-refractivity contribution is -0.116. The lowest BCUT2D eigenvalue weighted by Crippen LogP contribution is -2.32. The third-order valence-corrected chi connectivity index (χ3v) is 1.99. The molecule has 5 nitrogen and oxygen atoms in total. The van der Waals surface area contributed by atoms with Crippen LogP contribution in [0.2, 0.25) is 0 Å². The van der Waals surface area contributed by atoms with Gasteiger partial charge < -0.3 is 16.0 Å². The number of likely N-dealkylation sites (N-methyl/N-ethyl adjacent to an activating group) is 1. The molecule has 0 spiro atoms. The van der Waals surface area contributed by atoms with Gasteiger partial charge in [0.25, 0.3) is 0 Å². The van der Waals surface area contributed by atoms with Crippen LogP contribution in [0.3, 0.4) is 0 Å². The molecule has 0 aliphatic rings. The molecule has 1 amide bonds. The highest BCUT2D eigenvalue weighted by atomic mass is 16.1. The average Bonchev–Trinajstić information content (AvgIpc) is 2.18. The molecule has 5 heteroatoms. The van der Waals surface area contributed by atoms with Gasteiger partial charge in [-0.25, -0.2) is 4.98 Å². The van der Waals surface area contributed by atoms with Crippen molar-refractivity contribution in [2.24, 2.45) is 5.73 Å². The summed E-state index contributed by atoms with van der Waals surface area (Å²) in [6, 6.07) is 3.84. The highest BCUT2D eigenvalue weighted by Crippen LogP contribution is 2.14. The van der Waals surface area contributed by atoms with Crippen molar-refractivity contribution in [3.63, 3.8) is 0 Å². The highest BCUT2D eigenvalue weighted by molar-refractivity contribution is 5.79. The van der Waals surface area contributed by atoms with Gasteiger partial charge in [-0.05, 0) is 13.1 Å². The minimum Gasteiger partial charge on any atom is -0.368 e. The monoisotopic (exact) mass is 208 g/mol. The van der Waals surface area contributed by atoms with Crippen LogP contribution in [0, 0.1) is 0 Å². The number of hydrogen-bond donors (Lipinski definition) is 2. The van der Waals surface area contributed by atoms with E-state index in [2.05, 4.69) is 10.3 Å². The Kier molecular flexibility index (Phi) is 4.05. The highest BCUT2D eigenvalue weighted by Gasteiger charge is 2.09. The zero-order valence-electron chi connectivity index (χ0n) is 9.03. The maximum Gasteiger partial charge on any atom is 0.236 e. The summed E-state index contributed by atoms with van der Waals surface area (Å²) < 4.78 is 0. The van der Waals surface area contributed by atoms with Gasteiger partial charge in [0.2, 0.25) is 5.91 Å². The maximum absolute atomic E-state index is 10.8. The summed E-state index contributed by atoms with van der Waals surface area (Å²) in [6.07, 6.45) is 1.70. The fraction of sp³-hybridized carbons (Fsp3) is 0.400. The predicted octanol–water partition coefficient (Wildman–Crippen LogP) is -0.277. The number of amides is 1. The van der Waals surface area contributed by atoms with Crippen LogP contribution in [0.4, 0.5) is 5.82 Å². The molecule has 1 aromatic heterocycles. The Morgan fingerprint density at radius 3 is 3.00 bits per heavy atom. The van der Waals surface area contributed by atoms with Crippen molar-refractivity contribution >= 4 is 11.7 Å². The molecule has 0 fully saturated rings. The van der Waals surface area contributed by atoms with Gasteiger partial charge in [0.15, 0.2) is 0 Å². The molecule has 82 valence electrons. The molecule has 0 aliphatic carbocycles. The second kappa shape index (κ2) is 5.31. The largest absolute Gasteiger partial charge is 0.368 e. The zero-order chi connectivity index (χ0) is 11.3. The van der Waals surface area contributed by atoms with E-state index in [1.807, 2.05) is 19.2 Å². The van der Waals surface area contributed by atoms with E-state index in [1.54, 1.807) is 18.1 Å². The van der Waals surface area contributed by atoms with Gasteiger partial charge in [-0.3, -0.25) is 4.79 Å². The Hall–Kier alpha value is -1.62. The molecule has 0 bridgehead atoms. The smallest absolute Gasteiger partial charge is 0.236 e. The Balaban J connectivity index is 2.86. The van der Waals surface area contributed by atoms with Crippen molar-refractivity contribution in [3.8, 4) is 0 Å². The standard InChI is InChI=1S/C10H16N4O/c1-12-6-8-4-3-5-13-10(8)14(2)7-9(11)15/h3-5,12H,6-7H2,1-2H3,(H2,11,15). The maximum atomic E-state index is 10.8. The van der Waals surface area contributed by atoms with Crippen molar-refractivity contribution in [1.82, 2.24) is 10.3 Å². The van der Waals surface area contributed by atoms with Crippen LogP contribution in [0.25, 0.3) is 0 Å². The number of rotatable bonds is 5. The third kappa shape index (κ3) is 3.21. The first-order chi connectivity index (χ1) is 7.15. The number of carbonyl (C=O) groups is 1. The summed E-state index contributed by atoms with van der Waals surface area (Å²) in [4.78, 5) is 16.8. The van der Waals surface area contributed by atoms with E-state index in [9.17, 15) is 4.79 Å². The molecule has 0 saturated heterocycles. The molecule has 0 aromatic carbocycles. The molecule has 1 heterocycles. The molecular weight excluding hydrogens is 192 g/mol. The van der Waals surface area contributed by atoms with Gasteiger partial charge in [0.05, 0.1) is 6.54 Å². The number of pyridine rings is 1. The summed E-state index contributed by atoms with van der Waals surface area (Å²) in [5, 5.41) is 3.05. The van der Waals surface area contributed by atoms with Crippen molar-refractivity contribution < 1.29 is 4.79 Å². The van der Waals surface area contributed by atoms with E-state index in [0.29, 0.717) is 6.54 Å². The zero-order valence-corrected chi connectivity index (χ0v) is 9.03. The van der Waals surface area contributed by atoms with E-state index >= 15 is 0 Å². The quantitative estimate of drug-likeness (QED) is 0.698. The van der Waals surface area contributed by atoms with E-state index < -0.39 is 0 Å². The van der Waals surface area contributed by atoms with Crippen molar-refractivity contribution in [2.45, 2.75) is 6.54 Å². The Morgan fingerprint density at radius 2 is 2.40 bits per heavy atom. The first-order valence-corrected chi connectivity index (χ1v) is 4.73. The Bertz CT molecular complexity index is 340. The molecule has 15 heavy (non-hydrogen) atoms. The second-order valence-corrected chi connectivity index (χ2v) is 3.34. The SMILES string of the molecule is CNCc1cccnc1N(C)CC(N)=O. The fourth-order valence-electron chi connectivity index (χ4n) is 1.41. The summed E-state index contributed by atoms with van der Waals surface area (Å²) in [5.41, 5.74) is 6.18. The predicted molar refractivity (Wildman–Crippen MR) is 59.5 cm³/mol. The molecular formula is C10H16N4O. The fourth-order valence-corrected chi connectivity index (χ4v) is 1.41. The number of aromatic nitrogens is 1. The lowest BCUT2D eigenvalue weighted by atomic mass is 10.2. The van der Waals surface area contributed by atoms with Gasteiger partial charge in [-0.2, -0.15) is 0 Å². The summed E-state index contributed by atoms with van der Waals surface area (Å²) >= 11 is 0. The van der Waals surface area contributed by atoms with Crippen molar-refractivity contribution in [3.05, 3.63) is 23.9 Å². The van der Waals surface area contributed by atoms with Crippen molar-refractivity contribution in [2.75, 3.05) is 25.5 Å². The third-order valence-electron chi connectivity index (χ3n) is 1.99. The van der Waals surface area contributed by atoms with Gasteiger partial charge in [0.1, 0.15) is 5.82 Å². The molecule has 0 atom stereocenters. The molecule has 0 unspecified atom stereocenters. The van der Waals surface area contributed by atoms with Crippen LogP contribution in [-0.4, -0.2) is 31.5 Å². The number of anilines is 1. The van der Waals surface area contributed by atoms with Gasteiger partial charge >= 0.3 is 0 Å². The minimum absolute atomic E-state index is 0.174. The molecule has 1 aromatic rings. The van der Waals surface area contributed by atoms with Gasteiger partial charge in [0, 0.05) is 25.4 Å². The summed E-state index contributed by atoms with van der Waals surface area (Å²) in [5.74, 6) is 0.421. The summed E-state index contributed by atoms with van der Waals surface area (Å²) in [6.45, 7) is 0.889. The Morgan fingerprint density at radius 1 is 1.67 bits per heavy atom. The number of nitrogens with zero attached hydrogens (tertiary/aromatic N) is 2.